The number of aliphatic hydroxyl groups is 1. The molecule has 0 fully saturated rings. The monoisotopic (exact) mass is 180 g/mol. The van der Waals surface area contributed by atoms with Gasteiger partial charge in [0, 0.05) is 23.5 Å². The first kappa shape index (κ1) is 9.86. The Morgan fingerprint density at radius 3 is 2.77 bits per heavy atom. The predicted octanol–water partition coefficient (Wildman–Crippen LogP) is 1.75. The second-order valence-corrected chi connectivity index (χ2v) is 3.05. The van der Waals surface area contributed by atoms with Crippen molar-refractivity contribution in [3.63, 3.8) is 0 Å². The van der Waals surface area contributed by atoms with Crippen molar-refractivity contribution in [2.75, 3.05) is 17.6 Å². The minimum Gasteiger partial charge on any atom is -0.398 e. The Balaban J connectivity index is 2.97. The van der Waals surface area contributed by atoms with Crippen molar-refractivity contribution in [3.8, 4) is 0 Å². The largest absolute Gasteiger partial charge is 0.398 e. The van der Waals surface area contributed by atoms with E-state index >= 15 is 0 Å². The molecule has 1 aromatic carbocycles. The fourth-order valence-corrected chi connectivity index (χ4v) is 1.25. The van der Waals surface area contributed by atoms with Gasteiger partial charge in [0.25, 0.3) is 0 Å². The maximum absolute atomic E-state index is 9.39. The second-order valence-electron chi connectivity index (χ2n) is 3.05. The molecule has 0 saturated carbocycles. The molecule has 0 amide bonds. The molecular formula is C10H16N2O. The van der Waals surface area contributed by atoms with Crippen molar-refractivity contribution >= 4 is 11.4 Å². The van der Waals surface area contributed by atoms with Gasteiger partial charge < -0.3 is 16.2 Å². The lowest BCUT2D eigenvalue weighted by molar-refractivity contribution is 0.200. The molecule has 0 heterocycles. The van der Waals surface area contributed by atoms with E-state index in [9.17, 15) is 5.11 Å². The highest BCUT2D eigenvalue weighted by molar-refractivity contribution is 5.57. The smallest absolute Gasteiger partial charge is 0.0782 e. The van der Waals surface area contributed by atoms with Gasteiger partial charge in [-0.25, -0.2) is 0 Å². The molecule has 72 valence electrons. The summed E-state index contributed by atoms with van der Waals surface area (Å²) >= 11 is 0. The van der Waals surface area contributed by atoms with Crippen LogP contribution in [-0.4, -0.2) is 11.7 Å². The van der Waals surface area contributed by atoms with Gasteiger partial charge in [-0.3, -0.25) is 0 Å². The Morgan fingerprint density at radius 2 is 2.23 bits per heavy atom. The van der Waals surface area contributed by atoms with Crippen LogP contribution in [0.5, 0.6) is 0 Å². The number of anilines is 2. The zero-order chi connectivity index (χ0) is 9.84. The minimum absolute atomic E-state index is 0.515. The third kappa shape index (κ3) is 2.36. The number of nitrogens with one attached hydrogen (secondary N) is 1. The van der Waals surface area contributed by atoms with Gasteiger partial charge in [0.1, 0.15) is 0 Å². The van der Waals surface area contributed by atoms with Gasteiger partial charge in [0.05, 0.1) is 6.10 Å². The van der Waals surface area contributed by atoms with Gasteiger partial charge in [-0.1, -0.05) is 0 Å². The third-order valence-electron chi connectivity index (χ3n) is 1.92. The first-order valence-corrected chi connectivity index (χ1v) is 4.46. The van der Waals surface area contributed by atoms with Crippen molar-refractivity contribution < 1.29 is 5.11 Å². The van der Waals surface area contributed by atoms with Crippen molar-refractivity contribution in [1.29, 1.82) is 0 Å². The van der Waals surface area contributed by atoms with Crippen LogP contribution in [0.4, 0.5) is 11.4 Å². The summed E-state index contributed by atoms with van der Waals surface area (Å²) in [7, 11) is 0. The topological polar surface area (TPSA) is 58.3 Å². The molecule has 1 atom stereocenters. The molecule has 0 aliphatic heterocycles. The fraction of sp³-hybridized carbons (Fsp3) is 0.400. The molecule has 0 radical (unpaired) electrons. The van der Waals surface area contributed by atoms with Crippen LogP contribution in [0.25, 0.3) is 0 Å². The zero-order valence-electron chi connectivity index (χ0n) is 8.04. The molecule has 4 N–H and O–H groups in total. The van der Waals surface area contributed by atoms with Gasteiger partial charge in [-0.05, 0) is 32.0 Å². The summed E-state index contributed by atoms with van der Waals surface area (Å²) < 4.78 is 0. The van der Waals surface area contributed by atoms with Crippen LogP contribution in [0.3, 0.4) is 0 Å². The van der Waals surface area contributed by atoms with E-state index in [0.717, 1.165) is 17.8 Å². The van der Waals surface area contributed by atoms with Crippen molar-refractivity contribution in [2.45, 2.75) is 20.0 Å². The van der Waals surface area contributed by atoms with Crippen LogP contribution in [0, 0.1) is 0 Å². The molecule has 1 unspecified atom stereocenters. The van der Waals surface area contributed by atoms with Gasteiger partial charge in [0.15, 0.2) is 0 Å². The first-order chi connectivity index (χ1) is 6.15. The summed E-state index contributed by atoms with van der Waals surface area (Å²) in [5.41, 5.74) is 8.10. The summed E-state index contributed by atoms with van der Waals surface area (Å²) in [6.45, 7) is 4.60. The van der Waals surface area contributed by atoms with Crippen LogP contribution >= 0.6 is 0 Å². The highest BCUT2D eigenvalue weighted by Gasteiger charge is 2.05. The summed E-state index contributed by atoms with van der Waals surface area (Å²) in [6.07, 6.45) is -0.515. The molecule has 0 aliphatic rings. The van der Waals surface area contributed by atoms with Crippen LogP contribution in [0.15, 0.2) is 18.2 Å². The average Bonchev–Trinajstić information content (AvgIpc) is 2.08. The molecule has 3 nitrogen and oxygen atoms in total. The number of benzene rings is 1. The molecule has 0 aliphatic carbocycles. The summed E-state index contributed by atoms with van der Waals surface area (Å²) in [5, 5.41) is 12.6. The normalized spacial score (nSPS) is 12.5. The standard InChI is InChI=1S/C10H16N2O/c1-3-12-8-4-5-10(11)9(6-8)7(2)13/h4-7,12-13H,3,11H2,1-2H3. The first-order valence-electron chi connectivity index (χ1n) is 4.46. The number of hydrogen-bond acceptors (Lipinski definition) is 3. The Labute approximate surface area is 78.6 Å². The second kappa shape index (κ2) is 4.14. The van der Waals surface area contributed by atoms with Gasteiger partial charge in [-0.15, -0.1) is 0 Å². The highest BCUT2D eigenvalue weighted by atomic mass is 16.3. The maximum Gasteiger partial charge on any atom is 0.0782 e. The SMILES string of the molecule is CCNc1ccc(N)c(C(C)O)c1. The molecule has 0 aromatic heterocycles. The van der Waals surface area contributed by atoms with E-state index in [0.29, 0.717) is 5.69 Å². The zero-order valence-corrected chi connectivity index (χ0v) is 8.04. The molecule has 0 bridgehead atoms. The van der Waals surface area contributed by atoms with Crippen LogP contribution < -0.4 is 11.1 Å². The number of nitrogen functional groups attached to an aromatic ring is 1. The summed E-state index contributed by atoms with van der Waals surface area (Å²) in [6, 6.07) is 5.59. The van der Waals surface area contributed by atoms with E-state index in [1.165, 1.54) is 0 Å². The highest BCUT2D eigenvalue weighted by Crippen LogP contribution is 2.23. The molecule has 3 heteroatoms. The van der Waals surface area contributed by atoms with Crippen molar-refractivity contribution in [3.05, 3.63) is 23.8 Å². The molecular weight excluding hydrogens is 164 g/mol. The molecule has 13 heavy (non-hydrogen) atoms. The average molecular weight is 180 g/mol. The quantitative estimate of drug-likeness (QED) is 0.621. The number of aliphatic hydroxyl groups excluding tert-OH is 1. The van der Waals surface area contributed by atoms with E-state index in [2.05, 4.69) is 5.32 Å². The van der Waals surface area contributed by atoms with E-state index in [4.69, 9.17) is 5.73 Å². The Bertz CT molecular complexity index is 284. The summed E-state index contributed by atoms with van der Waals surface area (Å²) in [4.78, 5) is 0. The Kier molecular flexibility index (Phi) is 3.14. The van der Waals surface area contributed by atoms with Gasteiger partial charge in [0.2, 0.25) is 0 Å². The van der Waals surface area contributed by atoms with Crippen LogP contribution in [0.1, 0.15) is 25.5 Å². The molecule has 0 saturated heterocycles. The molecule has 1 rings (SSSR count). The lowest BCUT2D eigenvalue weighted by atomic mass is 10.1. The molecule has 0 spiro atoms. The lowest BCUT2D eigenvalue weighted by Gasteiger charge is -2.11. The van der Waals surface area contributed by atoms with E-state index in [1.54, 1.807) is 13.0 Å². The Hall–Kier alpha value is -1.22. The van der Waals surface area contributed by atoms with Gasteiger partial charge in [-0.2, -0.15) is 0 Å². The summed E-state index contributed by atoms with van der Waals surface area (Å²) in [5.74, 6) is 0. The van der Waals surface area contributed by atoms with E-state index < -0.39 is 6.10 Å². The number of rotatable bonds is 3. The van der Waals surface area contributed by atoms with E-state index in [1.807, 2.05) is 19.1 Å². The Morgan fingerprint density at radius 1 is 1.54 bits per heavy atom. The minimum atomic E-state index is -0.515. The predicted molar refractivity (Wildman–Crippen MR) is 55.7 cm³/mol. The van der Waals surface area contributed by atoms with Gasteiger partial charge >= 0.3 is 0 Å². The number of hydrogen-bond donors (Lipinski definition) is 3. The van der Waals surface area contributed by atoms with Crippen LogP contribution in [0.2, 0.25) is 0 Å². The van der Waals surface area contributed by atoms with E-state index in [-0.39, 0.29) is 0 Å². The van der Waals surface area contributed by atoms with Crippen LogP contribution in [-0.2, 0) is 0 Å². The maximum atomic E-state index is 9.39. The fourth-order valence-electron chi connectivity index (χ4n) is 1.25. The van der Waals surface area contributed by atoms with Crippen molar-refractivity contribution in [2.24, 2.45) is 0 Å². The van der Waals surface area contributed by atoms with Crippen molar-refractivity contribution in [1.82, 2.24) is 0 Å². The molecule has 1 aromatic rings. The third-order valence-corrected chi connectivity index (χ3v) is 1.92. The number of nitrogens with two attached hydrogens (primary N) is 1. The lowest BCUT2D eigenvalue weighted by Crippen LogP contribution is -2.02.